The van der Waals surface area contributed by atoms with Crippen molar-refractivity contribution in [1.29, 1.82) is 0 Å². The van der Waals surface area contributed by atoms with Crippen LogP contribution in [0.5, 0.6) is 0 Å². The molecule has 3 aromatic rings. The van der Waals surface area contributed by atoms with Crippen LogP contribution in [0, 0.1) is 10.1 Å². The molecule has 1 N–H and O–H groups in total. The van der Waals surface area contributed by atoms with E-state index in [2.05, 4.69) is 10.4 Å². The van der Waals surface area contributed by atoms with E-state index in [0.717, 1.165) is 12.1 Å². The molecule has 182 valence electrons. The Labute approximate surface area is 198 Å². The van der Waals surface area contributed by atoms with Gasteiger partial charge in [-0.05, 0) is 31.5 Å². The van der Waals surface area contributed by atoms with Crippen LogP contribution in [-0.2, 0) is 22.8 Å². The number of aryl methyl sites for hydroxylation is 1. The Morgan fingerprint density at radius 3 is 2.60 bits per heavy atom. The van der Waals surface area contributed by atoms with Gasteiger partial charge in [0, 0.05) is 41.9 Å². The number of nitro groups is 1. The first-order chi connectivity index (χ1) is 16.5. The van der Waals surface area contributed by atoms with Gasteiger partial charge in [-0.15, -0.1) is 0 Å². The Kier molecular flexibility index (Phi) is 6.10. The number of non-ortho nitro benzene ring substituents is 1. The molecule has 0 bridgehead atoms. The molecule has 0 spiro atoms. The minimum absolute atomic E-state index is 0.0949. The Hall–Kier alpha value is -4.15. The van der Waals surface area contributed by atoms with Crippen LogP contribution in [0.4, 0.5) is 24.7 Å². The summed E-state index contributed by atoms with van der Waals surface area (Å²) >= 11 is 0. The summed E-state index contributed by atoms with van der Waals surface area (Å²) in [6.07, 6.45) is -4.56. The van der Waals surface area contributed by atoms with Crippen molar-refractivity contribution in [2.75, 3.05) is 11.9 Å². The van der Waals surface area contributed by atoms with Crippen LogP contribution in [0.25, 0.3) is 11.3 Å². The van der Waals surface area contributed by atoms with Crippen LogP contribution in [0.1, 0.15) is 36.5 Å². The number of halogens is 3. The number of hydrogen-bond acceptors (Lipinski definition) is 6. The maximum atomic E-state index is 13.4. The molecule has 0 saturated heterocycles. The molecule has 1 aromatic heterocycles. The average molecular weight is 486 g/mol. The van der Waals surface area contributed by atoms with Gasteiger partial charge in [-0.3, -0.25) is 14.8 Å². The quantitative estimate of drug-likeness (QED) is 0.294. The minimum Gasteiger partial charge on any atom is -0.463 e. The number of esters is 1. The second-order valence-corrected chi connectivity index (χ2v) is 7.98. The second kappa shape index (κ2) is 8.90. The SMILES string of the molecule is CCOC(=O)C1=C(C)Nc2c(c(-c3cccc(C(F)(F)F)c3)nn2C)C1c1cccc([N+](=O)[O-])c1. The van der Waals surface area contributed by atoms with E-state index >= 15 is 0 Å². The number of fused-ring (bicyclic) bond motifs is 1. The van der Waals surface area contributed by atoms with Gasteiger partial charge in [-0.1, -0.05) is 24.3 Å². The van der Waals surface area contributed by atoms with Crippen molar-refractivity contribution in [2.45, 2.75) is 25.9 Å². The molecule has 4 rings (SSSR count). The van der Waals surface area contributed by atoms with E-state index in [1.165, 1.54) is 35.0 Å². The van der Waals surface area contributed by atoms with Crippen molar-refractivity contribution in [3.05, 3.63) is 86.6 Å². The van der Waals surface area contributed by atoms with Crippen LogP contribution in [-0.4, -0.2) is 27.3 Å². The number of carbonyl (C=O) groups excluding carboxylic acids is 1. The van der Waals surface area contributed by atoms with Gasteiger partial charge < -0.3 is 10.1 Å². The zero-order chi connectivity index (χ0) is 25.5. The van der Waals surface area contributed by atoms with Gasteiger partial charge >= 0.3 is 12.1 Å². The summed E-state index contributed by atoms with van der Waals surface area (Å²) in [7, 11) is 1.62. The van der Waals surface area contributed by atoms with Gasteiger partial charge in [0.05, 0.1) is 28.4 Å². The summed E-state index contributed by atoms with van der Waals surface area (Å²) in [5, 5.41) is 19.0. The standard InChI is InChI=1S/C24H21F3N4O4/c1-4-35-23(32)18-13(2)28-22-20(19(18)14-7-6-10-17(12-14)31(33)34)21(29-30(22)3)15-8-5-9-16(11-15)24(25,26)27/h5-12,19,28H,4H2,1-3H3. The number of allylic oxidation sites excluding steroid dienone is 1. The number of nitro benzene ring substituents is 1. The summed E-state index contributed by atoms with van der Waals surface area (Å²) in [5.41, 5.74) is 0.845. The number of alkyl halides is 3. The Balaban J connectivity index is 2.00. The van der Waals surface area contributed by atoms with Gasteiger partial charge in [-0.25, -0.2) is 4.79 Å². The predicted molar refractivity (Wildman–Crippen MR) is 122 cm³/mol. The molecule has 2 heterocycles. The number of rotatable bonds is 5. The molecule has 0 saturated carbocycles. The van der Waals surface area contributed by atoms with Crippen molar-refractivity contribution in [3.8, 4) is 11.3 Å². The number of hydrogen-bond donors (Lipinski definition) is 1. The Morgan fingerprint density at radius 2 is 1.94 bits per heavy atom. The van der Waals surface area contributed by atoms with Crippen molar-refractivity contribution in [3.63, 3.8) is 0 Å². The molecule has 1 unspecified atom stereocenters. The van der Waals surface area contributed by atoms with Crippen LogP contribution in [0.3, 0.4) is 0 Å². The van der Waals surface area contributed by atoms with Crippen LogP contribution >= 0.6 is 0 Å². The number of nitrogens with one attached hydrogen (secondary N) is 1. The normalized spacial score (nSPS) is 15.4. The molecule has 0 aliphatic carbocycles. The molecule has 0 amide bonds. The molecule has 8 nitrogen and oxygen atoms in total. The first kappa shape index (κ1) is 24.0. The number of aromatic nitrogens is 2. The van der Waals surface area contributed by atoms with Gasteiger partial charge in [0.2, 0.25) is 0 Å². The van der Waals surface area contributed by atoms with Crippen molar-refractivity contribution in [1.82, 2.24) is 9.78 Å². The van der Waals surface area contributed by atoms with E-state index in [1.807, 2.05) is 0 Å². The molecule has 0 fully saturated rings. The molecule has 11 heteroatoms. The van der Waals surface area contributed by atoms with E-state index in [9.17, 15) is 28.1 Å². The fourth-order valence-corrected chi connectivity index (χ4v) is 4.25. The first-order valence-corrected chi connectivity index (χ1v) is 10.7. The third-order valence-corrected chi connectivity index (χ3v) is 5.74. The van der Waals surface area contributed by atoms with Crippen LogP contribution in [0.15, 0.2) is 59.8 Å². The number of ether oxygens (including phenoxy) is 1. The molecule has 1 aliphatic heterocycles. The molecule has 1 aliphatic rings. The lowest BCUT2D eigenvalue weighted by Crippen LogP contribution is -2.25. The highest BCUT2D eigenvalue weighted by Gasteiger charge is 2.39. The fourth-order valence-electron chi connectivity index (χ4n) is 4.25. The zero-order valence-corrected chi connectivity index (χ0v) is 19.0. The first-order valence-electron chi connectivity index (χ1n) is 10.7. The van der Waals surface area contributed by atoms with E-state index in [-0.39, 0.29) is 29.1 Å². The fraction of sp³-hybridized carbons (Fsp3) is 0.250. The summed E-state index contributed by atoms with van der Waals surface area (Å²) in [5.74, 6) is -1.05. The summed E-state index contributed by atoms with van der Waals surface area (Å²) in [6.45, 7) is 3.41. The van der Waals surface area contributed by atoms with E-state index in [4.69, 9.17) is 4.74 Å². The highest BCUT2D eigenvalue weighted by Crippen LogP contribution is 2.47. The minimum atomic E-state index is -4.56. The number of nitrogens with zero attached hydrogens (tertiary/aromatic N) is 3. The monoisotopic (exact) mass is 486 g/mol. The number of anilines is 1. The van der Waals surface area contributed by atoms with E-state index in [1.54, 1.807) is 27.0 Å². The van der Waals surface area contributed by atoms with Crippen molar-refractivity contribution >= 4 is 17.5 Å². The van der Waals surface area contributed by atoms with Gasteiger partial charge in [0.1, 0.15) is 5.82 Å². The van der Waals surface area contributed by atoms with E-state index < -0.39 is 28.6 Å². The molecular weight excluding hydrogens is 465 g/mol. The van der Waals surface area contributed by atoms with E-state index in [0.29, 0.717) is 22.6 Å². The molecule has 0 radical (unpaired) electrons. The number of benzene rings is 2. The topological polar surface area (TPSA) is 99.3 Å². The van der Waals surface area contributed by atoms with Crippen molar-refractivity contribution < 1.29 is 27.6 Å². The van der Waals surface area contributed by atoms with Crippen LogP contribution in [0.2, 0.25) is 0 Å². The van der Waals surface area contributed by atoms with Gasteiger partial charge in [0.15, 0.2) is 0 Å². The highest BCUT2D eigenvalue weighted by molar-refractivity contribution is 5.95. The third kappa shape index (κ3) is 4.36. The molecule has 35 heavy (non-hydrogen) atoms. The smallest absolute Gasteiger partial charge is 0.416 e. The molecule has 2 aromatic carbocycles. The highest BCUT2D eigenvalue weighted by atomic mass is 19.4. The average Bonchev–Trinajstić information content (AvgIpc) is 3.13. The lowest BCUT2D eigenvalue weighted by Gasteiger charge is -2.28. The summed E-state index contributed by atoms with van der Waals surface area (Å²) in [6, 6.07) is 10.5. The molecule has 1 atom stereocenters. The third-order valence-electron chi connectivity index (χ3n) is 5.74. The lowest BCUT2D eigenvalue weighted by molar-refractivity contribution is -0.384. The van der Waals surface area contributed by atoms with Gasteiger partial charge in [0.25, 0.3) is 5.69 Å². The predicted octanol–water partition coefficient (Wildman–Crippen LogP) is 5.41. The van der Waals surface area contributed by atoms with Gasteiger partial charge in [-0.2, -0.15) is 18.3 Å². The maximum Gasteiger partial charge on any atom is 0.416 e. The van der Waals surface area contributed by atoms with Crippen molar-refractivity contribution in [2.24, 2.45) is 7.05 Å². The Morgan fingerprint density at radius 1 is 1.23 bits per heavy atom. The van der Waals surface area contributed by atoms with Crippen LogP contribution < -0.4 is 5.32 Å². The molecular formula is C24H21F3N4O4. The second-order valence-electron chi connectivity index (χ2n) is 7.98. The zero-order valence-electron chi connectivity index (χ0n) is 19.0. The Bertz CT molecular complexity index is 1360. The maximum absolute atomic E-state index is 13.4. The number of carbonyl (C=O) groups is 1. The summed E-state index contributed by atoms with van der Waals surface area (Å²) < 4.78 is 47.0. The summed E-state index contributed by atoms with van der Waals surface area (Å²) in [4.78, 5) is 23.9. The largest absolute Gasteiger partial charge is 0.463 e. The lowest BCUT2D eigenvalue weighted by atomic mass is 9.80.